The molecular weight excluding hydrogens is 307 g/mol. The summed E-state index contributed by atoms with van der Waals surface area (Å²) in [5, 5.41) is 9.82. The second kappa shape index (κ2) is 4.51. The molecule has 0 radical (unpaired) electrons. The molecule has 2 N–H and O–H groups in total. The molecule has 0 saturated carbocycles. The molecule has 7 heteroatoms. The van der Waals surface area contributed by atoms with Gasteiger partial charge in [-0.05, 0) is 29.5 Å². The Hall–Kier alpha value is -1.25. The normalized spacial score (nSPS) is 12.4. The predicted molar refractivity (Wildman–Crippen MR) is 63.2 cm³/mol. The number of halogens is 1. The molecule has 15 heavy (non-hydrogen) atoms. The highest BCUT2D eigenvalue weighted by Crippen LogP contribution is 2.18. The fourth-order valence-electron chi connectivity index (χ4n) is 1.12. The Bertz CT molecular complexity index is 428. The van der Waals surface area contributed by atoms with Gasteiger partial charge >= 0.3 is 0 Å². The second-order valence-corrected chi connectivity index (χ2v) is 4.12. The largest absolute Gasteiger partial charge is 0.359 e. The maximum absolute atomic E-state index is 4.14. The van der Waals surface area contributed by atoms with Crippen molar-refractivity contribution in [3.05, 3.63) is 28.2 Å². The van der Waals surface area contributed by atoms with Gasteiger partial charge in [0.1, 0.15) is 24.3 Å². The van der Waals surface area contributed by atoms with Crippen LogP contribution < -0.4 is 5.32 Å². The van der Waals surface area contributed by atoms with Crippen molar-refractivity contribution in [3.63, 3.8) is 0 Å². The third kappa shape index (κ3) is 2.41. The van der Waals surface area contributed by atoms with Crippen LogP contribution in [-0.2, 0) is 0 Å². The minimum Gasteiger partial charge on any atom is -0.359 e. The fourth-order valence-corrected chi connectivity index (χ4v) is 1.57. The van der Waals surface area contributed by atoms with E-state index in [0.717, 1.165) is 15.2 Å². The summed E-state index contributed by atoms with van der Waals surface area (Å²) < 4.78 is 0.974. The molecule has 6 nitrogen and oxygen atoms in total. The van der Waals surface area contributed by atoms with Crippen molar-refractivity contribution in [2.24, 2.45) is 0 Å². The van der Waals surface area contributed by atoms with Crippen LogP contribution in [0.1, 0.15) is 18.8 Å². The lowest BCUT2D eigenvalue weighted by atomic mass is 10.3. The van der Waals surface area contributed by atoms with E-state index in [9.17, 15) is 0 Å². The fraction of sp³-hybridized carbons (Fsp3) is 0.250. The average molecular weight is 316 g/mol. The standard InChI is InChI=1S/C8H9IN6/c1-5(7-12-4-13-15-7)14-8-6(9)2-10-3-11-8/h2-5H,1H3,(H,10,11,14)(H,12,13,15). The Labute approximate surface area is 100 Å². The molecule has 2 rings (SSSR count). The van der Waals surface area contributed by atoms with Crippen molar-refractivity contribution in [1.29, 1.82) is 0 Å². The number of nitrogens with one attached hydrogen (secondary N) is 2. The molecule has 0 spiro atoms. The summed E-state index contributed by atoms with van der Waals surface area (Å²) >= 11 is 2.18. The van der Waals surface area contributed by atoms with Gasteiger partial charge in [0.15, 0.2) is 0 Å². The zero-order valence-electron chi connectivity index (χ0n) is 7.98. The minimum atomic E-state index is 0.0379. The molecule has 0 aromatic carbocycles. The Morgan fingerprint density at radius 1 is 1.40 bits per heavy atom. The molecule has 0 amide bonds. The van der Waals surface area contributed by atoms with Crippen LogP contribution in [0.5, 0.6) is 0 Å². The monoisotopic (exact) mass is 316 g/mol. The molecule has 1 atom stereocenters. The molecule has 0 fully saturated rings. The lowest BCUT2D eigenvalue weighted by Crippen LogP contribution is -2.10. The summed E-state index contributed by atoms with van der Waals surface area (Å²) in [5.41, 5.74) is 0. The van der Waals surface area contributed by atoms with Gasteiger partial charge in [0.25, 0.3) is 0 Å². The van der Waals surface area contributed by atoms with Crippen molar-refractivity contribution < 1.29 is 0 Å². The summed E-state index contributed by atoms with van der Waals surface area (Å²) in [6.45, 7) is 1.98. The van der Waals surface area contributed by atoms with E-state index in [-0.39, 0.29) is 6.04 Å². The van der Waals surface area contributed by atoms with E-state index in [4.69, 9.17) is 0 Å². The number of hydrogen-bond donors (Lipinski definition) is 2. The molecule has 2 aromatic rings. The smallest absolute Gasteiger partial charge is 0.146 e. The zero-order valence-corrected chi connectivity index (χ0v) is 10.1. The molecule has 0 aliphatic rings. The Balaban J connectivity index is 2.13. The lowest BCUT2D eigenvalue weighted by molar-refractivity contribution is 0.788. The van der Waals surface area contributed by atoms with Gasteiger partial charge in [-0.1, -0.05) is 0 Å². The van der Waals surface area contributed by atoms with Crippen LogP contribution in [0.25, 0.3) is 0 Å². The van der Waals surface area contributed by atoms with Crippen LogP contribution in [0.2, 0.25) is 0 Å². The molecule has 78 valence electrons. The molecule has 0 bridgehead atoms. The van der Waals surface area contributed by atoms with Gasteiger partial charge in [0.05, 0.1) is 9.61 Å². The number of rotatable bonds is 3. The summed E-state index contributed by atoms with van der Waals surface area (Å²) in [6.07, 6.45) is 4.75. The van der Waals surface area contributed by atoms with Gasteiger partial charge < -0.3 is 5.32 Å². The van der Waals surface area contributed by atoms with E-state index in [1.165, 1.54) is 12.7 Å². The van der Waals surface area contributed by atoms with Crippen molar-refractivity contribution in [2.75, 3.05) is 5.32 Å². The van der Waals surface area contributed by atoms with Crippen LogP contribution >= 0.6 is 22.6 Å². The quantitative estimate of drug-likeness (QED) is 0.836. The van der Waals surface area contributed by atoms with Gasteiger partial charge in [-0.3, -0.25) is 5.10 Å². The number of nitrogens with zero attached hydrogens (tertiary/aromatic N) is 4. The maximum Gasteiger partial charge on any atom is 0.146 e. The van der Waals surface area contributed by atoms with Crippen molar-refractivity contribution in [1.82, 2.24) is 25.1 Å². The topological polar surface area (TPSA) is 79.4 Å². The van der Waals surface area contributed by atoms with Crippen molar-refractivity contribution >= 4 is 28.4 Å². The molecule has 2 heterocycles. The van der Waals surface area contributed by atoms with Crippen molar-refractivity contribution in [3.8, 4) is 0 Å². The first-order valence-electron chi connectivity index (χ1n) is 4.34. The Morgan fingerprint density at radius 2 is 2.27 bits per heavy atom. The highest BCUT2D eigenvalue weighted by Gasteiger charge is 2.10. The third-order valence-corrected chi connectivity index (χ3v) is 2.65. The number of hydrogen-bond acceptors (Lipinski definition) is 5. The molecule has 0 saturated heterocycles. The van der Waals surface area contributed by atoms with E-state index in [2.05, 4.69) is 53.1 Å². The molecule has 0 aliphatic heterocycles. The van der Waals surface area contributed by atoms with Crippen LogP contribution in [0.3, 0.4) is 0 Å². The highest BCUT2D eigenvalue weighted by molar-refractivity contribution is 14.1. The maximum atomic E-state index is 4.14. The molecule has 0 aliphatic carbocycles. The summed E-state index contributed by atoms with van der Waals surface area (Å²) in [5.74, 6) is 1.58. The number of H-pyrrole nitrogens is 1. The summed E-state index contributed by atoms with van der Waals surface area (Å²) in [7, 11) is 0. The second-order valence-electron chi connectivity index (χ2n) is 2.96. The number of anilines is 1. The number of aromatic amines is 1. The van der Waals surface area contributed by atoms with E-state index in [1.54, 1.807) is 6.20 Å². The van der Waals surface area contributed by atoms with Crippen LogP contribution in [0, 0.1) is 3.57 Å². The Morgan fingerprint density at radius 3 is 2.93 bits per heavy atom. The first-order valence-corrected chi connectivity index (χ1v) is 5.42. The van der Waals surface area contributed by atoms with Gasteiger partial charge in [-0.25, -0.2) is 15.0 Å². The van der Waals surface area contributed by atoms with Crippen LogP contribution in [0.4, 0.5) is 5.82 Å². The van der Waals surface area contributed by atoms with E-state index < -0.39 is 0 Å². The van der Waals surface area contributed by atoms with Crippen LogP contribution in [-0.4, -0.2) is 25.1 Å². The van der Waals surface area contributed by atoms with Crippen molar-refractivity contribution in [2.45, 2.75) is 13.0 Å². The summed E-state index contributed by atoms with van der Waals surface area (Å²) in [4.78, 5) is 12.1. The van der Waals surface area contributed by atoms with Gasteiger partial charge in [-0.15, -0.1) is 0 Å². The van der Waals surface area contributed by atoms with E-state index in [1.807, 2.05) is 6.92 Å². The molecular formula is C8H9IN6. The van der Waals surface area contributed by atoms with Gasteiger partial charge in [0.2, 0.25) is 0 Å². The molecule has 2 aromatic heterocycles. The van der Waals surface area contributed by atoms with Gasteiger partial charge in [-0.2, -0.15) is 5.10 Å². The van der Waals surface area contributed by atoms with Gasteiger partial charge in [0, 0.05) is 6.20 Å². The summed E-state index contributed by atoms with van der Waals surface area (Å²) in [6, 6.07) is 0.0379. The minimum absolute atomic E-state index is 0.0379. The Kier molecular flexibility index (Phi) is 3.09. The van der Waals surface area contributed by atoms with E-state index in [0.29, 0.717) is 0 Å². The van der Waals surface area contributed by atoms with E-state index >= 15 is 0 Å². The van der Waals surface area contributed by atoms with Crippen LogP contribution in [0.15, 0.2) is 18.9 Å². The molecule has 1 unspecified atom stereocenters. The average Bonchev–Trinajstić information content (AvgIpc) is 2.74. The SMILES string of the molecule is CC(Nc1ncncc1I)c1ncn[nH]1. The lowest BCUT2D eigenvalue weighted by Gasteiger charge is -2.12. The predicted octanol–water partition coefficient (Wildman–Crippen LogP) is 1.37. The number of aromatic nitrogens is 5. The first kappa shape index (κ1) is 10.3. The zero-order chi connectivity index (χ0) is 10.7. The highest BCUT2D eigenvalue weighted by atomic mass is 127. The first-order chi connectivity index (χ1) is 7.27. The third-order valence-electron chi connectivity index (χ3n) is 1.86.